The lowest BCUT2D eigenvalue weighted by Gasteiger charge is -2.10. The maximum absolute atomic E-state index is 11.1. The van der Waals surface area contributed by atoms with E-state index >= 15 is 0 Å². The molecular formula is C2H4F3N3O. The fourth-order valence-corrected chi connectivity index (χ4v) is 0.146. The number of carbonyl (C=O) groups excluding carboxylic acids is 1. The molecule has 0 aliphatic heterocycles. The molecule has 0 aromatic carbocycles. The molecule has 4 nitrogen and oxygen atoms in total. The maximum Gasteiger partial charge on any atom is 0.474 e. The summed E-state index contributed by atoms with van der Waals surface area (Å²) in [6, 6.07) is 0. The highest BCUT2D eigenvalue weighted by atomic mass is 19.4. The summed E-state index contributed by atoms with van der Waals surface area (Å²) in [7, 11) is 0. The van der Waals surface area contributed by atoms with E-state index in [4.69, 9.17) is 0 Å². The molecule has 0 radical (unpaired) electrons. The highest BCUT2D eigenvalue weighted by Crippen LogP contribution is 2.15. The third-order valence-corrected chi connectivity index (χ3v) is 0.477. The van der Waals surface area contributed by atoms with Crippen LogP contribution in [0, 0.1) is 0 Å². The van der Waals surface area contributed by atoms with Gasteiger partial charge in [-0.05, 0) is 0 Å². The number of nitrogens with two attached hydrogens (primary N) is 2. The van der Waals surface area contributed by atoms with E-state index in [1.54, 1.807) is 0 Å². The van der Waals surface area contributed by atoms with E-state index in [2.05, 4.69) is 11.7 Å². The highest BCUT2D eigenvalue weighted by Gasteiger charge is 2.41. The van der Waals surface area contributed by atoms with E-state index in [9.17, 15) is 18.0 Å². The lowest BCUT2D eigenvalue weighted by molar-refractivity contribution is -0.186. The number of hydrazine groups is 2. The predicted octanol–water partition coefficient (Wildman–Crippen LogP) is -0.875. The van der Waals surface area contributed by atoms with Crippen LogP contribution in [-0.4, -0.2) is 17.2 Å². The van der Waals surface area contributed by atoms with E-state index < -0.39 is 17.2 Å². The van der Waals surface area contributed by atoms with E-state index in [-0.39, 0.29) is 0 Å². The largest absolute Gasteiger partial charge is 0.474 e. The van der Waals surface area contributed by atoms with Crippen LogP contribution < -0.4 is 11.7 Å². The number of hydrogen-bond acceptors (Lipinski definition) is 3. The smallest absolute Gasteiger partial charge is 0.261 e. The monoisotopic (exact) mass is 143 g/mol. The first-order chi connectivity index (χ1) is 3.85. The molecule has 0 unspecified atom stereocenters. The van der Waals surface area contributed by atoms with Gasteiger partial charge in [0.05, 0.1) is 0 Å². The zero-order valence-electron chi connectivity index (χ0n) is 4.14. The second-order valence-electron chi connectivity index (χ2n) is 1.21. The summed E-state index contributed by atoms with van der Waals surface area (Å²) in [5.41, 5.74) is 0. The zero-order chi connectivity index (χ0) is 7.65. The van der Waals surface area contributed by atoms with Gasteiger partial charge < -0.3 is 0 Å². The second kappa shape index (κ2) is 2.19. The number of alkyl halides is 3. The van der Waals surface area contributed by atoms with Crippen molar-refractivity contribution in [2.45, 2.75) is 6.18 Å². The summed E-state index contributed by atoms with van der Waals surface area (Å²) in [6.45, 7) is 0. The van der Waals surface area contributed by atoms with Crippen LogP contribution in [0.5, 0.6) is 0 Å². The first-order valence-electron chi connectivity index (χ1n) is 1.76. The summed E-state index contributed by atoms with van der Waals surface area (Å²) in [5, 5.41) is -0.514. The fraction of sp³-hybridized carbons (Fsp3) is 0.500. The molecular weight excluding hydrogens is 139 g/mol. The van der Waals surface area contributed by atoms with Crippen molar-refractivity contribution in [3.63, 3.8) is 0 Å². The van der Waals surface area contributed by atoms with E-state index in [1.165, 1.54) is 0 Å². The molecule has 0 aromatic heterocycles. The molecule has 0 aliphatic carbocycles. The third-order valence-electron chi connectivity index (χ3n) is 0.477. The summed E-state index contributed by atoms with van der Waals surface area (Å²) in [5.74, 6) is 6.25. The van der Waals surface area contributed by atoms with Crippen LogP contribution in [0.3, 0.4) is 0 Å². The molecule has 4 N–H and O–H groups in total. The number of rotatable bonds is 0. The fourth-order valence-electron chi connectivity index (χ4n) is 0.146. The molecule has 0 spiro atoms. The van der Waals surface area contributed by atoms with Gasteiger partial charge in [0.1, 0.15) is 0 Å². The van der Waals surface area contributed by atoms with Gasteiger partial charge >= 0.3 is 12.1 Å². The molecule has 0 rings (SSSR count). The molecule has 54 valence electrons. The predicted molar refractivity (Wildman–Crippen MR) is 21.3 cm³/mol. The Kier molecular flexibility index (Phi) is 1.99. The Labute approximate surface area is 48.1 Å². The molecule has 0 saturated heterocycles. The molecule has 0 saturated carbocycles. The van der Waals surface area contributed by atoms with Crippen molar-refractivity contribution in [2.75, 3.05) is 0 Å². The molecule has 0 heterocycles. The Morgan fingerprint density at radius 2 is 1.67 bits per heavy atom. The van der Waals surface area contributed by atoms with Crippen LogP contribution in [0.4, 0.5) is 13.2 Å². The van der Waals surface area contributed by atoms with Gasteiger partial charge in [0.25, 0.3) is 0 Å². The van der Waals surface area contributed by atoms with Crippen LogP contribution in [0.25, 0.3) is 0 Å². The van der Waals surface area contributed by atoms with Gasteiger partial charge in [-0.1, -0.05) is 0 Å². The quantitative estimate of drug-likeness (QED) is 0.263. The first-order valence-corrected chi connectivity index (χ1v) is 1.76. The lowest BCUT2D eigenvalue weighted by Crippen LogP contribution is -2.50. The van der Waals surface area contributed by atoms with Crippen LogP contribution in [0.2, 0.25) is 0 Å². The average molecular weight is 143 g/mol. The molecule has 0 aliphatic rings. The number of hydrogen-bond donors (Lipinski definition) is 2. The minimum atomic E-state index is -4.98. The molecule has 1 amide bonds. The Morgan fingerprint density at radius 1 is 1.33 bits per heavy atom. The van der Waals surface area contributed by atoms with E-state index in [1.807, 2.05) is 0 Å². The zero-order valence-corrected chi connectivity index (χ0v) is 4.14. The topological polar surface area (TPSA) is 72.3 Å². The lowest BCUT2D eigenvalue weighted by atomic mass is 10.6. The van der Waals surface area contributed by atoms with Gasteiger partial charge in [0.2, 0.25) is 0 Å². The average Bonchev–Trinajstić information content (AvgIpc) is 1.62. The molecule has 0 bridgehead atoms. The molecule has 9 heavy (non-hydrogen) atoms. The third kappa shape index (κ3) is 2.29. The SMILES string of the molecule is NN(N)C(=O)C(F)(F)F. The minimum absolute atomic E-state index is 0.514. The van der Waals surface area contributed by atoms with Crippen LogP contribution in [0.1, 0.15) is 0 Å². The Hall–Kier alpha value is -0.820. The highest BCUT2D eigenvalue weighted by molar-refractivity contribution is 5.80. The first kappa shape index (κ1) is 8.18. The van der Waals surface area contributed by atoms with Gasteiger partial charge in [-0.2, -0.15) is 13.2 Å². The van der Waals surface area contributed by atoms with E-state index in [0.717, 1.165) is 0 Å². The summed E-state index contributed by atoms with van der Waals surface area (Å²) >= 11 is 0. The van der Waals surface area contributed by atoms with Crippen molar-refractivity contribution < 1.29 is 18.0 Å². The van der Waals surface area contributed by atoms with E-state index in [0.29, 0.717) is 0 Å². The summed E-state index contributed by atoms with van der Waals surface area (Å²) in [4.78, 5) is 9.72. The normalized spacial score (nSPS) is 11.2. The van der Waals surface area contributed by atoms with Gasteiger partial charge in [-0.3, -0.25) is 4.79 Å². The van der Waals surface area contributed by atoms with Crippen LogP contribution >= 0.6 is 0 Å². The van der Waals surface area contributed by atoms with Crippen LogP contribution in [0.15, 0.2) is 0 Å². The molecule has 7 heteroatoms. The molecule has 0 aromatic rings. The van der Waals surface area contributed by atoms with Crippen molar-refractivity contribution in [1.82, 2.24) is 5.12 Å². The van der Waals surface area contributed by atoms with Crippen LogP contribution in [-0.2, 0) is 4.79 Å². The Balaban J connectivity index is 4.06. The van der Waals surface area contributed by atoms with Crippen molar-refractivity contribution in [3.05, 3.63) is 0 Å². The van der Waals surface area contributed by atoms with Crippen molar-refractivity contribution in [3.8, 4) is 0 Å². The van der Waals surface area contributed by atoms with Gasteiger partial charge in [0, 0.05) is 0 Å². The van der Waals surface area contributed by atoms with Gasteiger partial charge in [-0.25, -0.2) is 16.8 Å². The Bertz CT molecular complexity index is 119. The number of halogens is 3. The molecule has 0 atom stereocenters. The number of carbonyl (C=O) groups is 1. The van der Waals surface area contributed by atoms with Crippen molar-refractivity contribution >= 4 is 5.91 Å². The summed E-state index contributed by atoms with van der Waals surface area (Å²) < 4.78 is 33.4. The minimum Gasteiger partial charge on any atom is -0.261 e. The number of nitrogens with zero attached hydrogens (tertiary/aromatic N) is 1. The Morgan fingerprint density at radius 3 is 1.67 bits per heavy atom. The molecule has 0 fully saturated rings. The summed E-state index contributed by atoms with van der Waals surface area (Å²) in [6.07, 6.45) is -4.98. The van der Waals surface area contributed by atoms with Gasteiger partial charge in [0.15, 0.2) is 0 Å². The van der Waals surface area contributed by atoms with Crippen molar-refractivity contribution in [2.24, 2.45) is 11.7 Å². The second-order valence-corrected chi connectivity index (χ2v) is 1.21. The van der Waals surface area contributed by atoms with Gasteiger partial charge in [-0.15, -0.1) is 0 Å². The maximum atomic E-state index is 11.1. The standard InChI is InChI=1S/C2H4F3N3O/c3-2(4,5)1(9)8(6)7/h6-7H2. The number of amides is 1. The van der Waals surface area contributed by atoms with Crippen molar-refractivity contribution in [1.29, 1.82) is 0 Å².